The fraction of sp³-hybridized carbons (Fsp3) is 0.333. The summed E-state index contributed by atoms with van der Waals surface area (Å²) in [7, 11) is 1.95. The van der Waals surface area contributed by atoms with Crippen molar-refractivity contribution in [2.75, 3.05) is 29.5 Å². The van der Waals surface area contributed by atoms with E-state index in [2.05, 4.69) is 15.3 Å². The number of furan rings is 1. The molecule has 2 aromatic heterocycles. The number of rotatable bonds is 5. The van der Waals surface area contributed by atoms with Crippen LogP contribution < -0.4 is 16.0 Å². The summed E-state index contributed by atoms with van der Waals surface area (Å²) in [5, 5.41) is 3.13. The van der Waals surface area contributed by atoms with Gasteiger partial charge in [-0.15, -0.1) is 0 Å². The van der Waals surface area contributed by atoms with Gasteiger partial charge in [-0.2, -0.15) is 9.97 Å². The van der Waals surface area contributed by atoms with Crippen LogP contribution in [0.4, 0.5) is 17.6 Å². The Kier molecular flexibility index (Phi) is 3.66. The average Bonchev–Trinajstić information content (AvgIpc) is 2.81. The van der Waals surface area contributed by atoms with Crippen LogP contribution in [-0.2, 0) is 6.54 Å². The van der Waals surface area contributed by atoms with Crippen LogP contribution in [0.2, 0.25) is 0 Å². The van der Waals surface area contributed by atoms with Crippen molar-refractivity contribution in [1.29, 1.82) is 0 Å². The lowest BCUT2D eigenvalue weighted by Crippen LogP contribution is -2.18. The first-order chi connectivity index (χ1) is 8.69. The Labute approximate surface area is 106 Å². The van der Waals surface area contributed by atoms with Gasteiger partial charge in [0.1, 0.15) is 11.6 Å². The van der Waals surface area contributed by atoms with Crippen molar-refractivity contribution in [3.8, 4) is 0 Å². The molecule has 0 saturated carbocycles. The minimum Gasteiger partial charge on any atom is -0.472 e. The summed E-state index contributed by atoms with van der Waals surface area (Å²) in [6, 6.07) is 3.80. The molecule has 0 fully saturated rings. The van der Waals surface area contributed by atoms with E-state index >= 15 is 0 Å². The molecule has 3 N–H and O–H groups in total. The quantitative estimate of drug-likeness (QED) is 0.837. The molecule has 0 radical (unpaired) electrons. The number of anilines is 3. The summed E-state index contributed by atoms with van der Waals surface area (Å²) >= 11 is 0. The van der Waals surface area contributed by atoms with Crippen molar-refractivity contribution >= 4 is 17.6 Å². The van der Waals surface area contributed by atoms with E-state index in [4.69, 9.17) is 10.2 Å². The highest BCUT2D eigenvalue weighted by molar-refractivity contribution is 5.52. The highest BCUT2D eigenvalue weighted by atomic mass is 16.3. The lowest BCUT2D eigenvalue weighted by molar-refractivity contribution is 0.563. The maximum absolute atomic E-state index is 5.69. The molecule has 0 aliphatic carbocycles. The van der Waals surface area contributed by atoms with Crippen molar-refractivity contribution in [2.24, 2.45) is 0 Å². The molecule has 0 amide bonds. The lowest BCUT2D eigenvalue weighted by Gasteiger charge is -2.18. The van der Waals surface area contributed by atoms with Gasteiger partial charge >= 0.3 is 0 Å². The zero-order valence-corrected chi connectivity index (χ0v) is 10.6. The number of nitrogens with zero attached hydrogens (tertiary/aromatic N) is 3. The molecule has 0 aromatic carbocycles. The van der Waals surface area contributed by atoms with Crippen LogP contribution in [0, 0.1) is 0 Å². The molecule has 0 aliphatic rings. The van der Waals surface area contributed by atoms with Gasteiger partial charge in [0, 0.05) is 31.8 Å². The Hall–Kier alpha value is -2.24. The Morgan fingerprint density at radius 2 is 2.28 bits per heavy atom. The number of hydrogen-bond acceptors (Lipinski definition) is 6. The van der Waals surface area contributed by atoms with E-state index in [-0.39, 0.29) is 5.95 Å². The Morgan fingerprint density at radius 1 is 1.44 bits per heavy atom. The summed E-state index contributed by atoms with van der Waals surface area (Å²) in [4.78, 5) is 10.3. The number of nitrogens with one attached hydrogen (secondary N) is 1. The van der Waals surface area contributed by atoms with Crippen LogP contribution in [0.5, 0.6) is 0 Å². The van der Waals surface area contributed by atoms with Crippen LogP contribution in [0.15, 0.2) is 29.1 Å². The van der Waals surface area contributed by atoms with Crippen molar-refractivity contribution in [3.05, 3.63) is 30.2 Å². The summed E-state index contributed by atoms with van der Waals surface area (Å²) in [6.07, 6.45) is 3.37. The van der Waals surface area contributed by atoms with Gasteiger partial charge < -0.3 is 20.4 Å². The third-order valence-electron chi connectivity index (χ3n) is 2.48. The Balaban J connectivity index is 2.16. The normalized spacial score (nSPS) is 10.3. The zero-order chi connectivity index (χ0) is 13.0. The first-order valence-electron chi connectivity index (χ1n) is 5.79. The molecule has 0 atom stereocenters. The molecule has 2 aromatic rings. The summed E-state index contributed by atoms with van der Waals surface area (Å²) in [5.41, 5.74) is 6.78. The minimum atomic E-state index is 0.266. The largest absolute Gasteiger partial charge is 0.472 e. The van der Waals surface area contributed by atoms with Crippen LogP contribution >= 0.6 is 0 Å². The Morgan fingerprint density at radius 3 is 2.94 bits per heavy atom. The molecule has 0 bridgehead atoms. The molecule has 0 aliphatic heterocycles. The van der Waals surface area contributed by atoms with Gasteiger partial charge in [0.2, 0.25) is 5.95 Å². The second-order valence-electron chi connectivity index (χ2n) is 3.99. The van der Waals surface area contributed by atoms with Crippen LogP contribution in [-0.4, -0.2) is 23.6 Å². The van der Waals surface area contributed by atoms with Crippen molar-refractivity contribution in [1.82, 2.24) is 9.97 Å². The molecule has 6 nitrogen and oxygen atoms in total. The maximum Gasteiger partial charge on any atom is 0.223 e. The topological polar surface area (TPSA) is 80.2 Å². The molecule has 0 spiro atoms. The fourth-order valence-electron chi connectivity index (χ4n) is 1.66. The molecule has 6 heteroatoms. The molecule has 2 heterocycles. The van der Waals surface area contributed by atoms with Gasteiger partial charge in [-0.1, -0.05) is 0 Å². The van der Waals surface area contributed by atoms with E-state index in [0.717, 1.165) is 23.7 Å². The average molecular weight is 247 g/mol. The second kappa shape index (κ2) is 5.39. The van der Waals surface area contributed by atoms with E-state index in [0.29, 0.717) is 6.54 Å². The van der Waals surface area contributed by atoms with Crippen molar-refractivity contribution < 1.29 is 4.42 Å². The predicted octanol–water partition coefficient (Wildman–Crippen LogP) is 1.72. The standard InChI is InChI=1S/C12H17N5O/c1-3-14-10-6-11(16-12(13)15-10)17(2)7-9-4-5-18-8-9/h4-6,8H,3,7H2,1-2H3,(H3,13,14,15,16). The first-order valence-corrected chi connectivity index (χ1v) is 5.79. The molecule has 0 saturated heterocycles. The van der Waals surface area contributed by atoms with E-state index in [1.54, 1.807) is 12.5 Å². The van der Waals surface area contributed by atoms with E-state index in [1.165, 1.54) is 0 Å². The van der Waals surface area contributed by atoms with Crippen molar-refractivity contribution in [2.45, 2.75) is 13.5 Å². The minimum absolute atomic E-state index is 0.266. The highest BCUT2D eigenvalue weighted by Crippen LogP contribution is 2.17. The van der Waals surface area contributed by atoms with E-state index in [1.807, 2.05) is 31.0 Å². The monoisotopic (exact) mass is 247 g/mol. The van der Waals surface area contributed by atoms with Gasteiger partial charge in [0.25, 0.3) is 0 Å². The smallest absolute Gasteiger partial charge is 0.223 e. The molecular weight excluding hydrogens is 230 g/mol. The van der Waals surface area contributed by atoms with Gasteiger partial charge in [-0.05, 0) is 13.0 Å². The fourth-order valence-corrected chi connectivity index (χ4v) is 1.66. The molecule has 96 valence electrons. The summed E-state index contributed by atoms with van der Waals surface area (Å²) in [6.45, 7) is 3.51. The highest BCUT2D eigenvalue weighted by Gasteiger charge is 2.08. The second-order valence-corrected chi connectivity index (χ2v) is 3.99. The van der Waals surface area contributed by atoms with Crippen LogP contribution in [0.1, 0.15) is 12.5 Å². The summed E-state index contributed by atoms with van der Waals surface area (Å²) < 4.78 is 5.04. The third kappa shape index (κ3) is 2.91. The molecule has 2 rings (SSSR count). The predicted molar refractivity (Wildman–Crippen MR) is 71.4 cm³/mol. The third-order valence-corrected chi connectivity index (χ3v) is 2.48. The zero-order valence-electron chi connectivity index (χ0n) is 10.6. The van der Waals surface area contributed by atoms with Crippen LogP contribution in [0.25, 0.3) is 0 Å². The summed E-state index contributed by atoms with van der Waals surface area (Å²) in [5.74, 6) is 1.78. The molecular formula is C12H17N5O. The first kappa shape index (κ1) is 12.2. The lowest BCUT2D eigenvalue weighted by atomic mass is 10.3. The van der Waals surface area contributed by atoms with Gasteiger partial charge in [-0.3, -0.25) is 0 Å². The Bertz CT molecular complexity index is 497. The number of nitrogen functional groups attached to an aromatic ring is 1. The van der Waals surface area contributed by atoms with E-state index < -0.39 is 0 Å². The molecule has 0 unspecified atom stereocenters. The SMILES string of the molecule is CCNc1cc(N(C)Cc2ccoc2)nc(N)n1. The number of hydrogen-bond donors (Lipinski definition) is 2. The van der Waals surface area contributed by atoms with Gasteiger partial charge in [-0.25, -0.2) is 0 Å². The van der Waals surface area contributed by atoms with Crippen LogP contribution in [0.3, 0.4) is 0 Å². The van der Waals surface area contributed by atoms with Crippen molar-refractivity contribution in [3.63, 3.8) is 0 Å². The molecule has 18 heavy (non-hydrogen) atoms. The number of nitrogens with two attached hydrogens (primary N) is 1. The van der Waals surface area contributed by atoms with E-state index in [9.17, 15) is 0 Å². The van der Waals surface area contributed by atoms with Gasteiger partial charge in [0.05, 0.1) is 12.5 Å². The maximum atomic E-state index is 5.69. The number of aromatic nitrogens is 2. The van der Waals surface area contributed by atoms with Gasteiger partial charge in [0.15, 0.2) is 0 Å².